The van der Waals surface area contributed by atoms with Gasteiger partial charge in [0.05, 0.1) is 54.9 Å². The van der Waals surface area contributed by atoms with Gasteiger partial charge >= 0.3 is 0 Å². The largest absolute Gasteiger partial charge is 0.493 e. The molecule has 0 aliphatic carbocycles. The van der Waals surface area contributed by atoms with Gasteiger partial charge in [-0.3, -0.25) is 0 Å². The molecule has 1 aliphatic rings. The fourth-order valence-corrected chi connectivity index (χ4v) is 3.70. The summed E-state index contributed by atoms with van der Waals surface area (Å²) in [7, 11) is 9.61. The van der Waals surface area contributed by atoms with E-state index in [4.69, 9.17) is 33.2 Å². The van der Waals surface area contributed by atoms with Crippen LogP contribution in [0.15, 0.2) is 24.3 Å². The van der Waals surface area contributed by atoms with Gasteiger partial charge in [-0.15, -0.1) is 0 Å². The fourth-order valence-electron chi connectivity index (χ4n) is 3.70. The second kappa shape index (κ2) is 9.13. The lowest BCUT2D eigenvalue weighted by Gasteiger charge is -2.19. The van der Waals surface area contributed by atoms with Crippen LogP contribution >= 0.6 is 0 Å². The molecule has 7 nitrogen and oxygen atoms in total. The lowest BCUT2D eigenvalue weighted by molar-refractivity contribution is 0.0435. The predicted molar refractivity (Wildman–Crippen MR) is 108 cm³/mol. The maximum absolute atomic E-state index is 6.37. The highest BCUT2D eigenvalue weighted by Crippen LogP contribution is 2.48. The topological polar surface area (TPSA) is 64.6 Å². The third kappa shape index (κ3) is 4.00. The van der Waals surface area contributed by atoms with Gasteiger partial charge in [0.15, 0.2) is 23.0 Å². The zero-order valence-corrected chi connectivity index (χ0v) is 17.7. The number of hydrogen-bond donors (Lipinski definition) is 0. The van der Waals surface area contributed by atoms with Crippen molar-refractivity contribution in [2.75, 3.05) is 42.7 Å². The van der Waals surface area contributed by atoms with E-state index in [1.165, 1.54) is 0 Å². The van der Waals surface area contributed by atoms with E-state index in [0.29, 0.717) is 34.5 Å². The Hall–Kier alpha value is -2.80. The van der Waals surface area contributed by atoms with Crippen LogP contribution in [0.4, 0.5) is 0 Å². The van der Waals surface area contributed by atoms with E-state index in [9.17, 15) is 0 Å². The van der Waals surface area contributed by atoms with Crippen LogP contribution in [0.1, 0.15) is 36.2 Å². The predicted octanol–water partition coefficient (Wildman–Crippen LogP) is 4.33. The minimum absolute atomic E-state index is 0.0900. The van der Waals surface area contributed by atoms with E-state index >= 15 is 0 Å². The smallest absolute Gasteiger partial charge is 0.203 e. The molecule has 0 radical (unpaired) electrons. The highest BCUT2D eigenvalue weighted by atomic mass is 16.5. The van der Waals surface area contributed by atoms with E-state index in [0.717, 1.165) is 24.0 Å². The lowest BCUT2D eigenvalue weighted by Crippen LogP contribution is -2.03. The van der Waals surface area contributed by atoms with Crippen LogP contribution in [0.25, 0.3) is 0 Å². The first-order valence-corrected chi connectivity index (χ1v) is 9.35. The Morgan fingerprint density at radius 3 is 1.10 bits per heavy atom. The Bertz CT molecular complexity index is 730. The quantitative estimate of drug-likeness (QED) is 0.649. The monoisotopic (exact) mass is 404 g/mol. The molecule has 1 saturated heterocycles. The summed E-state index contributed by atoms with van der Waals surface area (Å²) in [5, 5.41) is 0. The molecule has 2 aromatic rings. The van der Waals surface area contributed by atoms with Crippen molar-refractivity contribution in [3.05, 3.63) is 35.4 Å². The zero-order chi connectivity index (χ0) is 21.0. The summed E-state index contributed by atoms with van der Waals surface area (Å²) in [5.41, 5.74) is 1.96. The van der Waals surface area contributed by atoms with Gasteiger partial charge in [-0.05, 0) is 48.2 Å². The van der Waals surface area contributed by atoms with Crippen molar-refractivity contribution < 1.29 is 33.2 Å². The van der Waals surface area contributed by atoms with Gasteiger partial charge in [-0.1, -0.05) is 0 Å². The van der Waals surface area contributed by atoms with Crippen molar-refractivity contribution in [1.82, 2.24) is 0 Å². The fraction of sp³-hybridized carbons (Fsp3) is 0.455. The summed E-state index contributed by atoms with van der Waals surface area (Å²) in [5.74, 6) is 3.59. The molecule has 1 unspecified atom stereocenters. The normalized spacial score (nSPS) is 18.3. The van der Waals surface area contributed by atoms with Crippen molar-refractivity contribution in [3.63, 3.8) is 0 Å². The summed E-state index contributed by atoms with van der Waals surface area (Å²) in [6, 6.07) is 7.74. The van der Waals surface area contributed by atoms with Crippen LogP contribution in [0.2, 0.25) is 0 Å². The van der Waals surface area contributed by atoms with E-state index in [2.05, 4.69) is 0 Å². The Morgan fingerprint density at radius 1 is 0.552 bits per heavy atom. The molecule has 1 heterocycles. The number of rotatable bonds is 8. The van der Waals surface area contributed by atoms with E-state index in [-0.39, 0.29) is 12.2 Å². The average Bonchev–Trinajstić information content (AvgIpc) is 3.27. The van der Waals surface area contributed by atoms with Gasteiger partial charge in [-0.25, -0.2) is 0 Å². The van der Waals surface area contributed by atoms with Crippen molar-refractivity contribution in [3.8, 4) is 34.5 Å². The van der Waals surface area contributed by atoms with E-state index < -0.39 is 0 Å². The molecule has 29 heavy (non-hydrogen) atoms. The van der Waals surface area contributed by atoms with Gasteiger partial charge < -0.3 is 33.2 Å². The van der Waals surface area contributed by atoms with Crippen molar-refractivity contribution >= 4 is 0 Å². The SMILES string of the molecule is COc1cc(C2CC[C@H](c3cc(OC)c(OC)c(OC)c3)O2)cc(OC)c1OC. The van der Waals surface area contributed by atoms with Gasteiger partial charge in [0.1, 0.15) is 0 Å². The molecule has 0 aromatic heterocycles. The summed E-state index contributed by atoms with van der Waals surface area (Å²) in [4.78, 5) is 0. The molecule has 0 saturated carbocycles. The molecule has 1 fully saturated rings. The first kappa shape index (κ1) is 20.9. The highest BCUT2D eigenvalue weighted by molar-refractivity contribution is 5.55. The molecule has 0 N–H and O–H groups in total. The minimum Gasteiger partial charge on any atom is -0.493 e. The van der Waals surface area contributed by atoms with Crippen LogP contribution in [-0.4, -0.2) is 42.7 Å². The van der Waals surface area contributed by atoms with Gasteiger partial charge in [0, 0.05) is 0 Å². The summed E-state index contributed by atoms with van der Waals surface area (Å²) in [6.45, 7) is 0. The molecule has 3 rings (SSSR count). The minimum atomic E-state index is -0.0900. The zero-order valence-electron chi connectivity index (χ0n) is 17.7. The van der Waals surface area contributed by atoms with Crippen molar-refractivity contribution in [2.45, 2.75) is 25.0 Å². The Kier molecular flexibility index (Phi) is 6.59. The number of hydrogen-bond acceptors (Lipinski definition) is 7. The summed E-state index contributed by atoms with van der Waals surface area (Å²) < 4.78 is 39.1. The third-order valence-corrected chi connectivity index (χ3v) is 5.14. The summed E-state index contributed by atoms with van der Waals surface area (Å²) in [6.07, 6.45) is 1.54. The number of methoxy groups -OCH3 is 6. The molecule has 2 aromatic carbocycles. The molecule has 0 spiro atoms. The Morgan fingerprint density at radius 2 is 0.862 bits per heavy atom. The number of ether oxygens (including phenoxy) is 7. The highest BCUT2D eigenvalue weighted by Gasteiger charge is 2.31. The second-order valence-electron chi connectivity index (χ2n) is 6.61. The molecule has 2 atom stereocenters. The maximum atomic E-state index is 6.37. The van der Waals surface area contributed by atoms with Crippen LogP contribution in [0.5, 0.6) is 34.5 Å². The Labute approximate surface area is 171 Å². The standard InChI is InChI=1S/C22H28O7/c1-23-17-9-13(10-18(24-2)21(17)27-5)15-7-8-16(29-15)14-11-19(25-3)22(28-6)20(12-14)26-4/h9-12,15-16H,7-8H2,1-6H3/t15-,16?/m1/s1. The van der Waals surface area contributed by atoms with E-state index in [1.807, 2.05) is 24.3 Å². The second-order valence-corrected chi connectivity index (χ2v) is 6.61. The van der Waals surface area contributed by atoms with Crippen molar-refractivity contribution in [1.29, 1.82) is 0 Å². The van der Waals surface area contributed by atoms with Gasteiger partial charge in [-0.2, -0.15) is 0 Å². The molecule has 0 amide bonds. The van der Waals surface area contributed by atoms with Crippen molar-refractivity contribution in [2.24, 2.45) is 0 Å². The first-order valence-electron chi connectivity index (χ1n) is 9.35. The third-order valence-electron chi connectivity index (χ3n) is 5.14. The molecule has 158 valence electrons. The molecule has 1 aliphatic heterocycles. The maximum Gasteiger partial charge on any atom is 0.203 e. The lowest BCUT2D eigenvalue weighted by atomic mass is 10.0. The van der Waals surface area contributed by atoms with Crippen LogP contribution in [0, 0.1) is 0 Å². The first-order chi connectivity index (χ1) is 14.1. The van der Waals surface area contributed by atoms with Gasteiger partial charge in [0.2, 0.25) is 11.5 Å². The van der Waals surface area contributed by atoms with Crippen LogP contribution in [-0.2, 0) is 4.74 Å². The van der Waals surface area contributed by atoms with Crippen LogP contribution < -0.4 is 28.4 Å². The summed E-state index contributed by atoms with van der Waals surface area (Å²) >= 11 is 0. The molecule has 0 bridgehead atoms. The van der Waals surface area contributed by atoms with Crippen LogP contribution in [0.3, 0.4) is 0 Å². The average molecular weight is 404 g/mol. The molecular formula is C22H28O7. The van der Waals surface area contributed by atoms with Gasteiger partial charge in [0.25, 0.3) is 0 Å². The molecular weight excluding hydrogens is 376 g/mol. The molecule has 7 heteroatoms. The van der Waals surface area contributed by atoms with E-state index in [1.54, 1.807) is 42.7 Å². The Balaban J connectivity index is 1.89. The number of benzene rings is 2.